The van der Waals surface area contributed by atoms with E-state index >= 15 is 0 Å². The molecule has 0 aliphatic heterocycles. The number of nitrogens with one attached hydrogen (secondary N) is 1. The van der Waals surface area contributed by atoms with E-state index in [1.165, 1.54) is 6.42 Å². The second-order valence-electron chi connectivity index (χ2n) is 3.16. The molecular formula is C10H18N2OS. The standard InChI is InChI=1S/C10H18N2OS/c1-3-5-6-9-11-8(7-13)10(12-9)14-4-2/h13H,3-7H2,1-2H3,(H,11,12). The number of hydrogen-bond donors (Lipinski definition) is 2. The summed E-state index contributed by atoms with van der Waals surface area (Å²) in [6.07, 6.45) is 3.30. The lowest BCUT2D eigenvalue weighted by atomic mass is 10.2. The third kappa shape index (κ3) is 3.03. The molecule has 1 heterocycles. The molecule has 0 radical (unpaired) electrons. The fraction of sp³-hybridized carbons (Fsp3) is 0.700. The Labute approximate surface area is 89.3 Å². The molecule has 0 aliphatic carbocycles. The van der Waals surface area contributed by atoms with E-state index in [1.54, 1.807) is 11.8 Å². The van der Waals surface area contributed by atoms with Gasteiger partial charge < -0.3 is 10.1 Å². The van der Waals surface area contributed by atoms with Crippen molar-refractivity contribution in [1.29, 1.82) is 0 Å². The third-order valence-electron chi connectivity index (χ3n) is 2.00. The van der Waals surface area contributed by atoms with Crippen LogP contribution < -0.4 is 0 Å². The van der Waals surface area contributed by atoms with E-state index in [1.807, 2.05) is 0 Å². The van der Waals surface area contributed by atoms with Gasteiger partial charge in [0.15, 0.2) is 0 Å². The van der Waals surface area contributed by atoms with Gasteiger partial charge in [-0.05, 0) is 12.2 Å². The van der Waals surface area contributed by atoms with Crippen LogP contribution in [-0.4, -0.2) is 20.8 Å². The fourth-order valence-electron chi connectivity index (χ4n) is 1.27. The van der Waals surface area contributed by atoms with Crippen LogP contribution in [0, 0.1) is 0 Å². The van der Waals surface area contributed by atoms with E-state index in [2.05, 4.69) is 23.8 Å². The first-order chi connectivity index (χ1) is 6.81. The van der Waals surface area contributed by atoms with Gasteiger partial charge in [-0.3, -0.25) is 0 Å². The summed E-state index contributed by atoms with van der Waals surface area (Å²) in [7, 11) is 0. The molecule has 0 unspecified atom stereocenters. The van der Waals surface area contributed by atoms with Gasteiger partial charge in [-0.2, -0.15) is 0 Å². The number of imidazole rings is 1. The van der Waals surface area contributed by atoms with Crippen molar-refractivity contribution < 1.29 is 5.11 Å². The SMILES string of the molecule is CCCCc1nc(SCC)c(CO)[nH]1. The van der Waals surface area contributed by atoms with Gasteiger partial charge in [-0.15, -0.1) is 11.8 Å². The van der Waals surface area contributed by atoms with Crippen LogP contribution >= 0.6 is 11.8 Å². The molecule has 0 saturated heterocycles. The third-order valence-corrected chi connectivity index (χ3v) is 2.90. The number of rotatable bonds is 6. The first-order valence-corrected chi connectivity index (χ1v) is 6.11. The second kappa shape index (κ2) is 6.09. The van der Waals surface area contributed by atoms with Gasteiger partial charge in [0, 0.05) is 6.42 Å². The molecule has 0 aromatic carbocycles. The van der Waals surface area contributed by atoms with Gasteiger partial charge in [-0.1, -0.05) is 20.3 Å². The Balaban J connectivity index is 2.67. The zero-order valence-electron chi connectivity index (χ0n) is 8.84. The predicted octanol–water partition coefficient (Wildman–Crippen LogP) is 2.36. The van der Waals surface area contributed by atoms with Crippen LogP contribution in [0.2, 0.25) is 0 Å². The quantitative estimate of drug-likeness (QED) is 0.715. The van der Waals surface area contributed by atoms with Crippen molar-refractivity contribution >= 4 is 11.8 Å². The zero-order chi connectivity index (χ0) is 10.4. The molecule has 0 spiro atoms. The van der Waals surface area contributed by atoms with Crippen LogP contribution in [0.1, 0.15) is 38.2 Å². The van der Waals surface area contributed by atoms with Gasteiger partial charge in [0.2, 0.25) is 0 Å². The summed E-state index contributed by atoms with van der Waals surface area (Å²) in [5, 5.41) is 10.1. The number of aromatic nitrogens is 2. The Morgan fingerprint density at radius 3 is 2.79 bits per heavy atom. The summed E-state index contributed by atoms with van der Waals surface area (Å²) in [6, 6.07) is 0. The molecule has 1 aromatic rings. The van der Waals surface area contributed by atoms with Gasteiger partial charge >= 0.3 is 0 Å². The Morgan fingerprint density at radius 1 is 1.43 bits per heavy atom. The maximum absolute atomic E-state index is 9.10. The molecule has 14 heavy (non-hydrogen) atoms. The normalized spacial score (nSPS) is 10.8. The maximum atomic E-state index is 9.10. The number of aliphatic hydroxyl groups excluding tert-OH is 1. The smallest absolute Gasteiger partial charge is 0.120 e. The lowest BCUT2D eigenvalue weighted by Crippen LogP contribution is -1.88. The van der Waals surface area contributed by atoms with Crippen LogP contribution in [0.15, 0.2) is 5.03 Å². The van der Waals surface area contributed by atoms with Gasteiger partial charge in [0.05, 0.1) is 12.3 Å². The molecule has 80 valence electrons. The molecule has 4 heteroatoms. The number of unbranched alkanes of at least 4 members (excludes halogenated alkanes) is 1. The van der Waals surface area contributed by atoms with Crippen LogP contribution in [0.25, 0.3) is 0 Å². The lowest BCUT2D eigenvalue weighted by Gasteiger charge is -1.93. The van der Waals surface area contributed by atoms with Gasteiger partial charge in [0.1, 0.15) is 10.9 Å². The highest BCUT2D eigenvalue weighted by atomic mass is 32.2. The molecule has 0 fully saturated rings. The van der Waals surface area contributed by atoms with Crippen molar-refractivity contribution in [3.05, 3.63) is 11.5 Å². The number of aliphatic hydroxyl groups is 1. The van der Waals surface area contributed by atoms with Crippen molar-refractivity contribution in [2.45, 2.75) is 44.7 Å². The summed E-state index contributed by atoms with van der Waals surface area (Å²) < 4.78 is 0. The van der Waals surface area contributed by atoms with Crippen molar-refractivity contribution in [2.24, 2.45) is 0 Å². The molecule has 0 saturated carbocycles. The minimum Gasteiger partial charge on any atom is -0.390 e. The molecule has 2 N–H and O–H groups in total. The van der Waals surface area contributed by atoms with Crippen LogP contribution in [0.4, 0.5) is 0 Å². The lowest BCUT2D eigenvalue weighted by molar-refractivity contribution is 0.274. The molecule has 1 aromatic heterocycles. The summed E-state index contributed by atoms with van der Waals surface area (Å²) in [5.74, 6) is 2.00. The first-order valence-electron chi connectivity index (χ1n) is 5.13. The van der Waals surface area contributed by atoms with E-state index in [0.29, 0.717) is 0 Å². The zero-order valence-corrected chi connectivity index (χ0v) is 9.65. The van der Waals surface area contributed by atoms with Crippen LogP contribution in [0.5, 0.6) is 0 Å². The molecule has 1 rings (SSSR count). The summed E-state index contributed by atoms with van der Waals surface area (Å²) in [4.78, 5) is 7.62. The monoisotopic (exact) mass is 214 g/mol. The van der Waals surface area contributed by atoms with E-state index < -0.39 is 0 Å². The number of thioether (sulfide) groups is 1. The molecule has 3 nitrogen and oxygen atoms in total. The van der Waals surface area contributed by atoms with E-state index in [9.17, 15) is 0 Å². The topological polar surface area (TPSA) is 48.9 Å². The molecule has 0 atom stereocenters. The number of H-pyrrole nitrogens is 1. The predicted molar refractivity (Wildman–Crippen MR) is 59.5 cm³/mol. The average molecular weight is 214 g/mol. The molecule has 0 bridgehead atoms. The minimum atomic E-state index is 0.0570. The van der Waals surface area contributed by atoms with Crippen molar-refractivity contribution in [3.8, 4) is 0 Å². The first kappa shape index (κ1) is 11.6. The van der Waals surface area contributed by atoms with E-state index in [4.69, 9.17) is 5.11 Å². The molecular weight excluding hydrogens is 196 g/mol. The number of aromatic amines is 1. The highest BCUT2D eigenvalue weighted by molar-refractivity contribution is 7.99. The Bertz CT molecular complexity index is 273. The number of hydrogen-bond acceptors (Lipinski definition) is 3. The largest absolute Gasteiger partial charge is 0.390 e. The Morgan fingerprint density at radius 2 is 2.21 bits per heavy atom. The van der Waals surface area contributed by atoms with E-state index in [-0.39, 0.29) is 6.61 Å². The van der Waals surface area contributed by atoms with Crippen molar-refractivity contribution in [3.63, 3.8) is 0 Å². The summed E-state index contributed by atoms with van der Waals surface area (Å²) in [6.45, 7) is 4.31. The number of nitrogens with zero attached hydrogens (tertiary/aromatic N) is 1. The van der Waals surface area contributed by atoms with E-state index in [0.717, 1.165) is 35.1 Å². The summed E-state index contributed by atoms with van der Waals surface area (Å²) >= 11 is 1.68. The van der Waals surface area contributed by atoms with Gasteiger partial charge in [-0.25, -0.2) is 4.98 Å². The second-order valence-corrected chi connectivity index (χ2v) is 4.41. The van der Waals surface area contributed by atoms with Crippen molar-refractivity contribution in [2.75, 3.05) is 5.75 Å². The van der Waals surface area contributed by atoms with Crippen molar-refractivity contribution in [1.82, 2.24) is 9.97 Å². The molecule has 0 aliphatic rings. The summed E-state index contributed by atoms with van der Waals surface area (Å²) in [5.41, 5.74) is 0.864. The van der Waals surface area contributed by atoms with Gasteiger partial charge in [0.25, 0.3) is 0 Å². The molecule has 0 amide bonds. The van der Waals surface area contributed by atoms with Crippen LogP contribution in [-0.2, 0) is 13.0 Å². The minimum absolute atomic E-state index is 0.0570. The highest BCUT2D eigenvalue weighted by Gasteiger charge is 2.08. The highest BCUT2D eigenvalue weighted by Crippen LogP contribution is 2.20. The Hall–Kier alpha value is -0.480. The maximum Gasteiger partial charge on any atom is 0.120 e. The number of aryl methyl sites for hydroxylation is 1. The average Bonchev–Trinajstić information content (AvgIpc) is 2.58. The Kier molecular flexibility index (Phi) is 5.04. The van der Waals surface area contributed by atoms with Crippen LogP contribution in [0.3, 0.4) is 0 Å². The fourth-order valence-corrected chi connectivity index (χ4v) is 2.01.